The van der Waals surface area contributed by atoms with Gasteiger partial charge in [-0.15, -0.1) is 0 Å². The molecule has 824 valence electrons. The average Bonchev–Trinajstić information content (AvgIpc) is 1.11. The molecule has 0 atom stereocenters. The quantitative estimate of drug-likeness (QED) is 0.0783. The lowest BCUT2D eigenvalue weighted by Gasteiger charge is -2.09. The van der Waals surface area contributed by atoms with Crippen LogP contribution in [0.4, 0.5) is 0 Å². The summed E-state index contributed by atoms with van der Waals surface area (Å²) in [6, 6.07) is 0. The average molecular weight is 2010 g/mol. The normalized spacial score (nSPS) is 11.9. The standard InChI is InChI=1S/C92H186O45/c1-3-4-94-7-8-96-11-12-98-15-16-100-19-20-102-23-24-104-27-28-106-31-32-108-35-36-110-39-40-112-43-44-114-47-48-116-51-52-118-55-56-120-59-60-122-63-64-124-67-68-126-71-72-128-75-76-130-79-80-132-83-84-134-87-88-136-91-92-137-90-89-135-86-85-133-82-81-131-78-77-129-74-73-127-70-69-125-66-65-123-62-61-121-58-57-119-54-53-117-50-49-115-46-45-113-42-41-111-38-37-109-34-33-107-30-29-105-26-25-103-22-21-101-18-17-99-14-13-97-10-9-95-6-5-93-2/h3-92H2,1-2H3. The highest BCUT2D eigenvalue weighted by Gasteiger charge is 2.06. The van der Waals surface area contributed by atoms with E-state index in [1.807, 2.05) is 0 Å². The molecule has 0 radical (unpaired) electrons. The van der Waals surface area contributed by atoms with Gasteiger partial charge in [0.1, 0.15) is 0 Å². The topological polar surface area (TPSA) is 415 Å². The Labute approximate surface area is 818 Å². The Morgan fingerprint density at radius 3 is 0.153 bits per heavy atom. The molecule has 0 aliphatic carbocycles. The van der Waals surface area contributed by atoms with E-state index < -0.39 is 0 Å². The summed E-state index contributed by atoms with van der Waals surface area (Å²) < 4.78 is 248. The van der Waals surface area contributed by atoms with Crippen LogP contribution >= 0.6 is 0 Å². The van der Waals surface area contributed by atoms with E-state index in [1.54, 1.807) is 7.11 Å². The van der Waals surface area contributed by atoms with Gasteiger partial charge in [0, 0.05) is 13.7 Å². The summed E-state index contributed by atoms with van der Waals surface area (Å²) in [7, 11) is 1.64. The fourth-order valence-corrected chi connectivity index (χ4v) is 9.84. The molecular weight excluding hydrogens is 1820 g/mol. The second kappa shape index (κ2) is 134. The summed E-state index contributed by atoms with van der Waals surface area (Å²) in [6.07, 6.45) is 1.01. The zero-order valence-corrected chi connectivity index (χ0v) is 84.0. The second-order valence-electron chi connectivity index (χ2n) is 27.9. The van der Waals surface area contributed by atoms with E-state index in [1.165, 1.54) is 0 Å². The van der Waals surface area contributed by atoms with Crippen LogP contribution in [0.3, 0.4) is 0 Å². The van der Waals surface area contributed by atoms with Crippen LogP contribution in [-0.2, 0) is 213 Å². The van der Waals surface area contributed by atoms with E-state index >= 15 is 0 Å². The van der Waals surface area contributed by atoms with Gasteiger partial charge in [-0.1, -0.05) is 6.92 Å². The van der Waals surface area contributed by atoms with Gasteiger partial charge in [0.25, 0.3) is 0 Å². The molecule has 0 unspecified atom stereocenters. The van der Waals surface area contributed by atoms with Crippen molar-refractivity contribution in [3.05, 3.63) is 0 Å². The first-order valence-corrected chi connectivity index (χ1v) is 49.3. The lowest BCUT2D eigenvalue weighted by Crippen LogP contribution is -2.16. The maximum absolute atomic E-state index is 5.55. The molecule has 0 amide bonds. The van der Waals surface area contributed by atoms with Gasteiger partial charge in [-0.3, -0.25) is 0 Å². The lowest BCUT2D eigenvalue weighted by molar-refractivity contribution is -0.0329. The van der Waals surface area contributed by atoms with E-state index in [2.05, 4.69) is 6.92 Å². The van der Waals surface area contributed by atoms with Gasteiger partial charge in [0.2, 0.25) is 0 Å². The van der Waals surface area contributed by atoms with Crippen molar-refractivity contribution in [1.29, 1.82) is 0 Å². The Kier molecular flexibility index (Phi) is 132. The van der Waals surface area contributed by atoms with E-state index in [-0.39, 0.29) is 0 Å². The molecule has 0 aromatic rings. The monoisotopic (exact) mass is 2010 g/mol. The molecular formula is C92H186O45. The van der Waals surface area contributed by atoms with Gasteiger partial charge < -0.3 is 213 Å². The van der Waals surface area contributed by atoms with Gasteiger partial charge in [-0.2, -0.15) is 0 Å². The zero-order chi connectivity index (χ0) is 97.5. The van der Waals surface area contributed by atoms with Crippen LogP contribution in [0, 0.1) is 0 Å². The largest absolute Gasteiger partial charge is 0.382 e. The first-order chi connectivity index (χ1) is 68.4. The predicted octanol–water partition coefficient (Wildman–Crippen LogP) is 1.77. The highest BCUT2D eigenvalue weighted by atomic mass is 16.7. The molecule has 0 fully saturated rings. The number of rotatable bonds is 134. The van der Waals surface area contributed by atoms with Crippen LogP contribution in [0.1, 0.15) is 13.3 Å². The summed E-state index contributed by atoms with van der Waals surface area (Å²) in [5, 5.41) is 0. The zero-order valence-electron chi connectivity index (χ0n) is 84.0. The molecule has 0 heterocycles. The molecule has 45 nitrogen and oxygen atoms in total. The molecule has 0 aromatic carbocycles. The van der Waals surface area contributed by atoms with Crippen molar-refractivity contribution in [2.45, 2.75) is 13.3 Å². The van der Waals surface area contributed by atoms with Crippen molar-refractivity contribution in [2.75, 3.05) is 595 Å². The van der Waals surface area contributed by atoms with Crippen LogP contribution in [-0.4, -0.2) is 595 Å². The Morgan fingerprint density at radius 1 is 0.0657 bits per heavy atom. The number of hydrogen-bond donors (Lipinski definition) is 0. The maximum Gasteiger partial charge on any atom is 0.0701 e. The molecule has 45 heteroatoms. The minimum Gasteiger partial charge on any atom is -0.382 e. The number of hydrogen-bond acceptors (Lipinski definition) is 45. The predicted molar refractivity (Wildman–Crippen MR) is 498 cm³/mol. The van der Waals surface area contributed by atoms with Crippen molar-refractivity contribution < 1.29 is 213 Å². The summed E-state index contributed by atoms with van der Waals surface area (Å²) in [5.74, 6) is 0. The molecule has 137 heavy (non-hydrogen) atoms. The van der Waals surface area contributed by atoms with E-state index in [4.69, 9.17) is 213 Å². The first kappa shape index (κ1) is 135. The van der Waals surface area contributed by atoms with Gasteiger partial charge in [-0.25, -0.2) is 0 Å². The van der Waals surface area contributed by atoms with E-state index in [9.17, 15) is 0 Å². The van der Waals surface area contributed by atoms with Crippen molar-refractivity contribution in [3.63, 3.8) is 0 Å². The molecule has 0 aliphatic heterocycles. The third kappa shape index (κ3) is 134. The third-order valence-electron chi connectivity index (χ3n) is 16.8. The van der Waals surface area contributed by atoms with Crippen molar-refractivity contribution in [3.8, 4) is 0 Å². The molecule has 0 aliphatic rings. The molecule has 0 bridgehead atoms. The SMILES string of the molecule is CCCOCCOCCOCCOCCOCCOCCOCCOCCOCCOCCOCCOCCOCCOCCOCCOCCOCCOCCOCCOCCOCCOCCOCCOCCOCCOCCOCCOCCOCCOCCOCCOCCOCCOCCOCCOCCOCCOCCOCCOCCOCCOCCOCCOCCOC. The van der Waals surface area contributed by atoms with E-state index in [0.29, 0.717) is 581 Å². The first-order valence-electron chi connectivity index (χ1n) is 49.3. The van der Waals surface area contributed by atoms with Gasteiger partial charge >= 0.3 is 0 Å². The van der Waals surface area contributed by atoms with Gasteiger partial charge in [0.05, 0.1) is 581 Å². The minimum atomic E-state index is 0.473. The smallest absolute Gasteiger partial charge is 0.0701 e. The molecule has 0 rings (SSSR count). The summed E-state index contributed by atoms with van der Waals surface area (Å²) in [6.45, 7) is 46.0. The van der Waals surface area contributed by atoms with Crippen LogP contribution in [0.25, 0.3) is 0 Å². The minimum absolute atomic E-state index is 0.473. The Morgan fingerprint density at radius 2 is 0.109 bits per heavy atom. The fourth-order valence-electron chi connectivity index (χ4n) is 9.84. The Balaban J connectivity index is 3.10. The lowest BCUT2D eigenvalue weighted by atomic mass is 10.5. The highest BCUT2D eigenvalue weighted by Crippen LogP contribution is 1.97. The van der Waals surface area contributed by atoms with Gasteiger partial charge in [0.15, 0.2) is 0 Å². The molecule has 0 aromatic heterocycles. The second-order valence-corrected chi connectivity index (χ2v) is 27.9. The van der Waals surface area contributed by atoms with Gasteiger partial charge in [-0.05, 0) is 6.42 Å². The van der Waals surface area contributed by atoms with E-state index in [0.717, 1.165) is 13.0 Å². The summed E-state index contributed by atoms with van der Waals surface area (Å²) in [4.78, 5) is 0. The number of ether oxygens (including phenoxy) is 45. The molecule has 0 saturated carbocycles. The van der Waals surface area contributed by atoms with Crippen molar-refractivity contribution in [1.82, 2.24) is 0 Å². The highest BCUT2D eigenvalue weighted by molar-refractivity contribution is 4.49. The van der Waals surface area contributed by atoms with Crippen LogP contribution in [0.2, 0.25) is 0 Å². The molecule has 0 N–H and O–H groups in total. The van der Waals surface area contributed by atoms with Crippen LogP contribution in [0.5, 0.6) is 0 Å². The van der Waals surface area contributed by atoms with Crippen LogP contribution in [0.15, 0.2) is 0 Å². The summed E-state index contributed by atoms with van der Waals surface area (Å²) in [5.41, 5.74) is 0. The fraction of sp³-hybridized carbons (Fsp3) is 1.00. The van der Waals surface area contributed by atoms with Crippen molar-refractivity contribution >= 4 is 0 Å². The summed E-state index contributed by atoms with van der Waals surface area (Å²) >= 11 is 0. The van der Waals surface area contributed by atoms with Crippen LogP contribution < -0.4 is 0 Å². The maximum atomic E-state index is 5.55. The Hall–Kier alpha value is -1.80. The number of methoxy groups -OCH3 is 1. The van der Waals surface area contributed by atoms with Crippen molar-refractivity contribution in [2.24, 2.45) is 0 Å². The Bertz CT molecular complexity index is 1750. The third-order valence-corrected chi connectivity index (χ3v) is 16.8. The molecule has 0 spiro atoms. The molecule has 0 saturated heterocycles.